The number of hydrogen-bond acceptors (Lipinski definition) is 1. The SMILES string of the molecule is O=C1CCCCCC(Br)C(Br)C(Br)C(Br)C(Br)C1Br. The summed E-state index contributed by atoms with van der Waals surface area (Å²) in [5, 5.41) is 0. The second-order valence-corrected chi connectivity index (χ2v) is 11.2. The van der Waals surface area contributed by atoms with E-state index in [0.717, 1.165) is 25.7 Å². The van der Waals surface area contributed by atoms with E-state index in [1.54, 1.807) is 0 Å². The molecule has 1 nitrogen and oxygen atoms in total. The van der Waals surface area contributed by atoms with E-state index in [9.17, 15) is 4.79 Å². The molecule has 1 aliphatic rings. The van der Waals surface area contributed by atoms with Crippen molar-refractivity contribution in [2.24, 2.45) is 0 Å². The van der Waals surface area contributed by atoms with Gasteiger partial charge in [0.15, 0.2) is 0 Å². The highest BCUT2D eigenvalue weighted by Crippen LogP contribution is 2.37. The monoisotopic (exact) mass is 650 g/mol. The van der Waals surface area contributed by atoms with Gasteiger partial charge in [-0.2, -0.15) is 0 Å². The molecule has 0 amide bonds. The molecule has 0 N–H and O–H groups in total. The Balaban J connectivity index is 2.83. The fraction of sp³-hybridized carbons (Fsp3) is 0.917. The van der Waals surface area contributed by atoms with Gasteiger partial charge < -0.3 is 0 Å². The van der Waals surface area contributed by atoms with Crippen molar-refractivity contribution in [3.8, 4) is 0 Å². The Kier molecular flexibility index (Phi) is 9.94. The van der Waals surface area contributed by atoms with Crippen molar-refractivity contribution in [2.75, 3.05) is 0 Å². The van der Waals surface area contributed by atoms with E-state index in [1.807, 2.05) is 0 Å². The number of alkyl halides is 6. The van der Waals surface area contributed by atoms with Crippen LogP contribution in [-0.4, -0.2) is 34.7 Å². The Morgan fingerprint density at radius 1 is 0.737 bits per heavy atom. The lowest BCUT2D eigenvalue weighted by Crippen LogP contribution is -2.41. The minimum atomic E-state index is -0.148. The minimum Gasteiger partial charge on any atom is -0.298 e. The molecule has 0 aromatic heterocycles. The molecule has 6 unspecified atom stereocenters. The average Bonchev–Trinajstić information content (AvgIpc) is 2.41. The number of carbonyl (C=O) groups is 1. The second-order valence-electron chi connectivity index (χ2n) is 4.76. The quantitative estimate of drug-likeness (QED) is 0.289. The maximum Gasteiger partial charge on any atom is 0.147 e. The summed E-state index contributed by atoms with van der Waals surface area (Å²) in [5.74, 6) is 0.285. The van der Waals surface area contributed by atoms with Crippen molar-refractivity contribution >= 4 is 101 Å². The van der Waals surface area contributed by atoms with Gasteiger partial charge in [-0.3, -0.25) is 4.79 Å². The predicted molar refractivity (Wildman–Crippen MR) is 104 cm³/mol. The van der Waals surface area contributed by atoms with Gasteiger partial charge in [0.25, 0.3) is 0 Å². The van der Waals surface area contributed by atoms with Crippen molar-refractivity contribution in [1.82, 2.24) is 0 Å². The molecule has 0 aromatic rings. The Hall–Kier alpha value is 2.55. The summed E-state index contributed by atoms with van der Waals surface area (Å²) in [6, 6.07) is 0. The van der Waals surface area contributed by atoms with Crippen molar-refractivity contribution in [3.63, 3.8) is 0 Å². The van der Waals surface area contributed by atoms with Gasteiger partial charge in [-0.25, -0.2) is 0 Å². The maximum atomic E-state index is 12.1. The molecular weight excluding hydrogens is 640 g/mol. The van der Waals surface area contributed by atoms with Crippen molar-refractivity contribution in [3.05, 3.63) is 0 Å². The van der Waals surface area contributed by atoms with Gasteiger partial charge in [0, 0.05) is 30.6 Å². The van der Waals surface area contributed by atoms with Gasteiger partial charge in [-0.05, 0) is 12.8 Å². The highest BCUT2D eigenvalue weighted by Gasteiger charge is 2.37. The molecule has 0 aliphatic heterocycles. The fourth-order valence-electron chi connectivity index (χ4n) is 2.00. The van der Waals surface area contributed by atoms with E-state index >= 15 is 0 Å². The zero-order chi connectivity index (χ0) is 14.6. The highest BCUT2D eigenvalue weighted by atomic mass is 79.9. The zero-order valence-electron chi connectivity index (χ0n) is 10.2. The number of carbonyl (C=O) groups excluding carboxylic acids is 1. The first kappa shape index (κ1) is 19.6. The van der Waals surface area contributed by atoms with Crippen molar-refractivity contribution in [2.45, 2.75) is 61.1 Å². The van der Waals surface area contributed by atoms with E-state index in [0.29, 0.717) is 16.1 Å². The second kappa shape index (κ2) is 9.64. The molecule has 6 atom stereocenters. The number of Topliss-reactive ketones (excluding diaryl/α,β-unsaturated/α-hetero) is 1. The summed E-state index contributed by atoms with van der Waals surface area (Å²) in [7, 11) is 0. The predicted octanol–water partition coefficient (Wildman–Crippen LogP) is 6.10. The normalized spacial score (nSPS) is 43.4. The third-order valence-corrected chi connectivity index (χ3v) is 13.5. The molecule has 0 bridgehead atoms. The first-order valence-corrected chi connectivity index (χ1v) is 11.7. The van der Waals surface area contributed by atoms with Gasteiger partial charge in [-0.1, -0.05) is 108 Å². The smallest absolute Gasteiger partial charge is 0.147 e. The third-order valence-electron chi connectivity index (χ3n) is 3.25. The molecule has 1 saturated carbocycles. The van der Waals surface area contributed by atoms with Crippen LogP contribution in [0, 0.1) is 0 Å². The summed E-state index contributed by atoms with van der Waals surface area (Å²) in [6.07, 6.45) is 5.04. The molecule has 0 aromatic carbocycles. The Morgan fingerprint density at radius 2 is 1.32 bits per heavy atom. The fourth-order valence-corrected chi connectivity index (χ4v) is 7.40. The van der Waals surface area contributed by atoms with E-state index in [-0.39, 0.29) is 25.1 Å². The lowest BCUT2D eigenvalue weighted by atomic mass is 10.00. The molecule has 0 spiro atoms. The van der Waals surface area contributed by atoms with Crippen LogP contribution in [-0.2, 0) is 4.79 Å². The minimum absolute atomic E-state index is 0.0588. The zero-order valence-corrected chi connectivity index (χ0v) is 19.7. The average molecular weight is 656 g/mol. The van der Waals surface area contributed by atoms with Gasteiger partial charge in [0.2, 0.25) is 0 Å². The summed E-state index contributed by atoms with van der Waals surface area (Å²) in [4.78, 5) is 13.1. The van der Waals surface area contributed by atoms with E-state index in [2.05, 4.69) is 95.6 Å². The molecule has 112 valence electrons. The van der Waals surface area contributed by atoms with E-state index in [4.69, 9.17) is 0 Å². The molecule has 0 radical (unpaired) electrons. The van der Waals surface area contributed by atoms with Gasteiger partial charge in [0.1, 0.15) is 5.78 Å². The van der Waals surface area contributed by atoms with Gasteiger partial charge >= 0.3 is 0 Å². The Labute approximate surface area is 165 Å². The van der Waals surface area contributed by atoms with Crippen LogP contribution in [0.4, 0.5) is 0 Å². The number of ketones is 1. The summed E-state index contributed by atoms with van der Waals surface area (Å²) < 4.78 is 0. The van der Waals surface area contributed by atoms with Crippen LogP contribution >= 0.6 is 95.6 Å². The maximum absolute atomic E-state index is 12.1. The summed E-state index contributed by atoms with van der Waals surface area (Å²) >= 11 is 22.2. The van der Waals surface area contributed by atoms with Crippen LogP contribution in [0.15, 0.2) is 0 Å². The number of halogens is 6. The van der Waals surface area contributed by atoms with Gasteiger partial charge in [-0.15, -0.1) is 0 Å². The van der Waals surface area contributed by atoms with E-state index in [1.165, 1.54) is 0 Å². The number of hydrogen-bond donors (Lipinski definition) is 0. The summed E-state index contributed by atoms with van der Waals surface area (Å²) in [6.45, 7) is 0. The van der Waals surface area contributed by atoms with Crippen LogP contribution in [0.5, 0.6) is 0 Å². The topological polar surface area (TPSA) is 17.1 Å². The molecule has 0 saturated heterocycles. The lowest BCUT2D eigenvalue weighted by molar-refractivity contribution is -0.118. The molecule has 7 heteroatoms. The van der Waals surface area contributed by atoms with Crippen LogP contribution in [0.2, 0.25) is 0 Å². The highest BCUT2D eigenvalue weighted by molar-refractivity contribution is 9.15. The molecule has 1 fully saturated rings. The largest absolute Gasteiger partial charge is 0.298 e. The standard InChI is InChI=1S/C12H16Br6O/c13-6-4-2-1-3-5-7(19)9(15)11(17)12(18)10(16)8(6)14/h6,8-12H,1-5H2. The molecular formula is C12H16Br6O. The van der Waals surface area contributed by atoms with Crippen LogP contribution in [0.3, 0.4) is 0 Å². The summed E-state index contributed by atoms with van der Waals surface area (Å²) in [5.41, 5.74) is 0. The number of rotatable bonds is 0. The first-order chi connectivity index (χ1) is 8.86. The van der Waals surface area contributed by atoms with Crippen LogP contribution in [0.1, 0.15) is 32.1 Å². The van der Waals surface area contributed by atoms with Gasteiger partial charge in [0.05, 0.1) is 4.83 Å². The molecule has 0 heterocycles. The van der Waals surface area contributed by atoms with E-state index < -0.39 is 0 Å². The lowest BCUT2D eigenvalue weighted by Gasteiger charge is -2.30. The van der Waals surface area contributed by atoms with Crippen LogP contribution < -0.4 is 0 Å². The molecule has 19 heavy (non-hydrogen) atoms. The van der Waals surface area contributed by atoms with Crippen LogP contribution in [0.25, 0.3) is 0 Å². The molecule has 1 rings (SSSR count). The Bertz CT molecular complexity index is 300. The van der Waals surface area contributed by atoms with Crippen molar-refractivity contribution < 1.29 is 4.79 Å². The molecule has 1 aliphatic carbocycles. The van der Waals surface area contributed by atoms with Crippen molar-refractivity contribution in [1.29, 1.82) is 0 Å². The first-order valence-electron chi connectivity index (χ1n) is 6.23. The third kappa shape index (κ3) is 5.92. The Morgan fingerprint density at radius 3 is 1.95 bits per heavy atom.